The Balaban J connectivity index is 1.99. The molecule has 2 aromatic rings. The third kappa shape index (κ3) is 3.61. The van der Waals surface area contributed by atoms with Crippen molar-refractivity contribution in [1.29, 1.82) is 0 Å². The number of nitrogens with zero attached hydrogens (tertiary/aromatic N) is 1. The summed E-state index contributed by atoms with van der Waals surface area (Å²) >= 11 is 4.62. The van der Waals surface area contributed by atoms with Gasteiger partial charge in [-0.05, 0) is 40.5 Å². The summed E-state index contributed by atoms with van der Waals surface area (Å²) in [6.07, 6.45) is 2.75. The molecule has 1 amide bonds. The fourth-order valence-corrected chi connectivity index (χ4v) is 2.54. The van der Waals surface area contributed by atoms with Crippen LogP contribution in [0.2, 0.25) is 0 Å². The van der Waals surface area contributed by atoms with Crippen LogP contribution in [0, 0.1) is 5.82 Å². The van der Waals surface area contributed by atoms with Crippen molar-refractivity contribution >= 4 is 33.2 Å². The molecular formula is C13H12BrFN2OS. The number of hydrogen-bond donors (Lipinski definition) is 1. The number of rotatable bonds is 4. The van der Waals surface area contributed by atoms with Gasteiger partial charge < -0.3 is 5.32 Å². The fourth-order valence-electron chi connectivity index (χ4n) is 1.49. The first-order chi connectivity index (χ1) is 9.10. The number of amides is 1. The average Bonchev–Trinajstić information content (AvgIpc) is 2.87. The number of benzene rings is 1. The van der Waals surface area contributed by atoms with Crippen molar-refractivity contribution in [2.24, 2.45) is 0 Å². The molecule has 0 spiro atoms. The zero-order valence-electron chi connectivity index (χ0n) is 10.2. The number of carbonyl (C=O) groups is 1. The van der Waals surface area contributed by atoms with E-state index in [0.717, 1.165) is 11.4 Å². The molecule has 0 saturated carbocycles. The molecule has 0 aliphatic rings. The number of aryl methyl sites for hydroxylation is 1. The van der Waals surface area contributed by atoms with Crippen molar-refractivity contribution in [1.82, 2.24) is 10.3 Å². The standard InChI is InChI=1S/C13H12BrFN2OS/c1-2-9-6-16-12(19-9)7-17-13(18)8-3-4-10(14)11(15)5-8/h3-6H,2,7H2,1H3,(H,17,18). The van der Waals surface area contributed by atoms with Gasteiger partial charge in [-0.25, -0.2) is 9.37 Å². The molecule has 0 aliphatic heterocycles. The molecular weight excluding hydrogens is 331 g/mol. The maximum absolute atomic E-state index is 13.3. The van der Waals surface area contributed by atoms with E-state index >= 15 is 0 Å². The summed E-state index contributed by atoms with van der Waals surface area (Å²) in [4.78, 5) is 17.2. The lowest BCUT2D eigenvalue weighted by atomic mass is 10.2. The molecule has 0 fully saturated rings. The quantitative estimate of drug-likeness (QED) is 0.923. The van der Waals surface area contributed by atoms with Crippen LogP contribution in [0.15, 0.2) is 28.9 Å². The second-order valence-electron chi connectivity index (χ2n) is 3.89. The molecule has 0 saturated heterocycles. The van der Waals surface area contributed by atoms with Crippen molar-refractivity contribution in [2.45, 2.75) is 19.9 Å². The first-order valence-electron chi connectivity index (χ1n) is 5.77. The normalized spacial score (nSPS) is 10.5. The van der Waals surface area contributed by atoms with E-state index in [1.165, 1.54) is 17.0 Å². The second-order valence-corrected chi connectivity index (χ2v) is 5.94. The predicted molar refractivity (Wildman–Crippen MR) is 76.8 cm³/mol. The van der Waals surface area contributed by atoms with E-state index in [9.17, 15) is 9.18 Å². The van der Waals surface area contributed by atoms with Gasteiger partial charge in [0.05, 0.1) is 11.0 Å². The highest BCUT2D eigenvalue weighted by Gasteiger charge is 2.09. The SMILES string of the molecule is CCc1cnc(CNC(=O)c2ccc(Br)c(F)c2)s1. The molecule has 2 rings (SSSR count). The Morgan fingerprint density at radius 1 is 1.53 bits per heavy atom. The minimum absolute atomic E-state index is 0.299. The summed E-state index contributed by atoms with van der Waals surface area (Å²) < 4.78 is 13.7. The van der Waals surface area contributed by atoms with Crippen LogP contribution < -0.4 is 5.32 Å². The second kappa shape index (κ2) is 6.25. The van der Waals surface area contributed by atoms with Crippen molar-refractivity contribution < 1.29 is 9.18 Å². The monoisotopic (exact) mass is 342 g/mol. The zero-order valence-corrected chi connectivity index (χ0v) is 12.6. The van der Waals surface area contributed by atoms with E-state index in [1.54, 1.807) is 17.4 Å². The summed E-state index contributed by atoms with van der Waals surface area (Å²) in [6, 6.07) is 4.30. The molecule has 1 heterocycles. The molecule has 0 unspecified atom stereocenters. The Morgan fingerprint density at radius 3 is 2.95 bits per heavy atom. The number of halogens is 2. The number of aromatic nitrogens is 1. The Bertz CT molecular complexity index is 600. The molecule has 0 aliphatic carbocycles. The van der Waals surface area contributed by atoms with Crippen molar-refractivity contribution in [3.8, 4) is 0 Å². The molecule has 1 N–H and O–H groups in total. The van der Waals surface area contributed by atoms with Crippen molar-refractivity contribution in [3.05, 3.63) is 50.1 Å². The van der Waals surface area contributed by atoms with E-state index < -0.39 is 5.82 Å². The van der Waals surface area contributed by atoms with Gasteiger partial charge in [0.25, 0.3) is 5.91 Å². The third-order valence-corrected chi connectivity index (χ3v) is 4.32. The summed E-state index contributed by atoms with van der Waals surface area (Å²) in [6.45, 7) is 2.42. The third-order valence-electron chi connectivity index (χ3n) is 2.53. The van der Waals surface area contributed by atoms with Crippen LogP contribution in [0.1, 0.15) is 27.2 Å². The van der Waals surface area contributed by atoms with Crippen molar-refractivity contribution in [2.75, 3.05) is 0 Å². The number of carbonyl (C=O) groups excluding carboxylic acids is 1. The minimum atomic E-state index is -0.449. The molecule has 1 aromatic heterocycles. The summed E-state index contributed by atoms with van der Waals surface area (Å²) in [5, 5.41) is 3.58. The minimum Gasteiger partial charge on any atom is -0.346 e. The van der Waals surface area contributed by atoms with Gasteiger partial charge in [-0.3, -0.25) is 4.79 Å². The highest BCUT2D eigenvalue weighted by Crippen LogP contribution is 2.17. The van der Waals surface area contributed by atoms with Crippen LogP contribution in [-0.2, 0) is 13.0 Å². The molecule has 0 bridgehead atoms. The number of hydrogen-bond acceptors (Lipinski definition) is 3. The largest absolute Gasteiger partial charge is 0.346 e. The first kappa shape index (κ1) is 14.1. The Morgan fingerprint density at radius 2 is 2.32 bits per heavy atom. The van der Waals surface area contributed by atoms with Gasteiger partial charge in [0.2, 0.25) is 0 Å². The molecule has 0 atom stereocenters. The molecule has 19 heavy (non-hydrogen) atoms. The Hall–Kier alpha value is -1.27. The van der Waals surface area contributed by atoms with Gasteiger partial charge in [0.15, 0.2) is 0 Å². The van der Waals surface area contributed by atoms with E-state index in [-0.39, 0.29) is 5.91 Å². The highest BCUT2D eigenvalue weighted by molar-refractivity contribution is 9.10. The Labute approximate surface area is 123 Å². The van der Waals surface area contributed by atoms with E-state index in [0.29, 0.717) is 16.6 Å². The van der Waals surface area contributed by atoms with Gasteiger partial charge in [0, 0.05) is 16.6 Å². The molecule has 0 radical (unpaired) electrons. The lowest BCUT2D eigenvalue weighted by molar-refractivity contribution is 0.0950. The summed E-state index contributed by atoms with van der Waals surface area (Å²) in [5.41, 5.74) is 0.299. The highest BCUT2D eigenvalue weighted by atomic mass is 79.9. The summed E-state index contributed by atoms with van der Waals surface area (Å²) in [5.74, 6) is -0.755. The lowest BCUT2D eigenvalue weighted by Crippen LogP contribution is -2.22. The van der Waals surface area contributed by atoms with E-state index in [1.807, 2.05) is 6.20 Å². The van der Waals surface area contributed by atoms with Crippen LogP contribution in [0.25, 0.3) is 0 Å². The van der Waals surface area contributed by atoms with Gasteiger partial charge in [-0.1, -0.05) is 6.92 Å². The predicted octanol–water partition coefficient (Wildman–Crippen LogP) is 3.54. The van der Waals surface area contributed by atoms with Gasteiger partial charge in [-0.2, -0.15) is 0 Å². The van der Waals surface area contributed by atoms with Crippen LogP contribution in [0.4, 0.5) is 4.39 Å². The molecule has 3 nitrogen and oxygen atoms in total. The molecule has 1 aromatic carbocycles. The first-order valence-corrected chi connectivity index (χ1v) is 7.38. The zero-order chi connectivity index (χ0) is 13.8. The maximum Gasteiger partial charge on any atom is 0.251 e. The number of nitrogens with one attached hydrogen (secondary N) is 1. The van der Waals surface area contributed by atoms with Crippen LogP contribution in [0.5, 0.6) is 0 Å². The molecule has 6 heteroatoms. The van der Waals surface area contributed by atoms with Gasteiger partial charge in [-0.15, -0.1) is 11.3 Å². The average molecular weight is 343 g/mol. The van der Waals surface area contributed by atoms with Crippen LogP contribution in [0.3, 0.4) is 0 Å². The fraction of sp³-hybridized carbons (Fsp3) is 0.231. The molecule has 100 valence electrons. The van der Waals surface area contributed by atoms with Crippen LogP contribution in [-0.4, -0.2) is 10.9 Å². The van der Waals surface area contributed by atoms with Gasteiger partial charge in [0.1, 0.15) is 10.8 Å². The number of thiazole rings is 1. The topological polar surface area (TPSA) is 42.0 Å². The van der Waals surface area contributed by atoms with Crippen LogP contribution >= 0.6 is 27.3 Å². The van der Waals surface area contributed by atoms with Gasteiger partial charge >= 0.3 is 0 Å². The smallest absolute Gasteiger partial charge is 0.251 e. The van der Waals surface area contributed by atoms with E-state index in [4.69, 9.17) is 0 Å². The maximum atomic E-state index is 13.3. The van der Waals surface area contributed by atoms with E-state index in [2.05, 4.69) is 33.2 Å². The van der Waals surface area contributed by atoms with Crippen molar-refractivity contribution in [3.63, 3.8) is 0 Å². The summed E-state index contributed by atoms with van der Waals surface area (Å²) in [7, 11) is 0. The Kier molecular flexibility index (Phi) is 4.66. The lowest BCUT2D eigenvalue weighted by Gasteiger charge is -2.04.